The van der Waals surface area contributed by atoms with Crippen LogP contribution in [0.2, 0.25) is 5.02 Å². The van der Waals surface area contributed by atoms with E-state index >= 15 is 0 Å². The number of nitrogens with two attached hydrogens (primary N) is 1. The molecule has 0 fully saturated rings. The summed E-state index contributed by atoms with van der Waals surface area (Å²) in [5, 5.41) is 3.68. The number of rotatable bonds is 5. The second-order valence-corrected chi connectivity index (χ2v) is 5.99. The largest absolute Gasteiger partial charge is 0.393 e. The minimum atomic E-state index is -0.661. The van der Waals surface area contributed by atoms with E-state index < -0.39 is 11.7 Å². The molecular formula is C18H16ClFN6O. The van der Waals surface area contributed by atoms with Gasteiger partial charge in [-0.15, -0.1) is 0 Å². The number of hydrogen-bond donors (Lipinski definition) is 4. The lowest BCUT2D eigenvalue weighted by molar-refractivity contribution is 0.0958. The van der Waals surface area contributed by atoms with E-state index in [4.69, 9.17) is 17.3 Å². The summed E-state index contributed by atoms with van der Waals surface area (Å²) in [5.74, 6) is -0.799. The monoisotopic (exact) mass is 386 g/mol. The van der Waals surface area contributed by atoms with Gasteiger partial charge in [0.15, 0.2) is 11.6 Å². The van der Waals surface area contributed by atoms with Crippen molar-refractivity contribution < 1.29 is 9.18 Å². The zero-order chi connectivity index (χ0) is 19.4. The van der Waals surface area contributed by atoms with Crippen molar-refractivity contribution in [2.24, 2.45) is 0 Å². The number of nitrogens with zero attached hydrogens (tertiary/aromatic N) is 2. The van der Waals surface area contributed by atoms with Gasteiger partial charge in [-0.05, 0) is 36.8 Å². The quantitative estimate of drug-likeness (QED) is 0.499. The Balaban J connectivity index is 1.76. The number of hydrazine groups is 1. The highest BCUT2D eigenvalue weighted by Crippen LogP contribution is 2.29. The molecule has 0 saturated heterocycles. The second-order valence-electron chi connectivity index (χ2n) is 5.58. The van der Waals surface area contributed by atoms with Gasteiger partial charge in [0.1, 0.15) is 17.8 Å². The maximum absolute atomic E-state index is 13.7. The lowest BCUT2D eigenvalue weighted by atomic mass is 10.2. The molecule has 3 rings (SSSR count). The lowest BCUT2D eigenvalue weighted by Crippen LogP contribution is -2.31. The molecule has 27 heavy (non-hydrogen) atoms. The Hall–Kier alpha value is -3.39. The Kier molecular flexibility index (Phi) is 5.37. The molecule has 5 N–H and O–H groups in total. The third-order valence-corrected chi connectivity index (χ3v) is 4.23. The molecule has 0 radical (unpaired) electrons. The summed E-state index contributed by atoms with van der Waals surface area (Å²) in [6.07, 6.45) is 1.27. The molecule has 3 aromatic rings. The van der Waals surface area contributed by atoms with Crippen LogP contribution in [0.5, 0.6) is 0 Å². The van der Waals surface area contributed by atoms with Gasteiger partial charge in [0.25, 0.3) is 5.91 Å². The van der Waals surface area contributed by atoms with Crippen molar-refractivity contribution in [1.82, 2.24) is 15.4 Å². The number of carbonyl (C=O) groups excluding carboxylic acids is 1. The molecule has 0 saturated carbocycles. The van der Waals surface area contributed by atoms with Gasteiger partial charge in [0, 0.05) is 10.7 Å². The molecule has 0 aliphatic carbocycles. The Morgan fingerprint density at radius 2 is 1.85 bits per heavy atom. The number of hydrogen-bond acceptors (Lipinski definition) is 6. The molecule has 7 nitrogen and oxygen atoms in total. The molecule has 2 aromatic carbocycles. The summed E-state index contributed by atoms with van der Waals surface area (Å²) < 4.78 is 13.7. The molecule has 0 spiro atoms. The maximum atomic E-state index is 13.7. The molecular weight excluding hydrogens is 371 g/mol. The fraction of sp³-hybridized carbons (Fsp3) is 0.0556. The number of carbonyl (C=O) groups is 1. The normalized spacial score (nSPS) is 10.3. The first-order valence-corrected chi connectivity index (χ1v) is 8.28. The Morgan fingerprint density at radius 3 is 2.63 bits per heavy atom. The van der Waals surface area contributed by atoms with Crippen molar-refractivity contribution in [1.29, 1.82) is 0 Å². The minimum absolute atomic E-state index is 0.106. The number of benzene rings is 2. The molecule has 9 heteroatoms. The SMILES string of the molecule is Cc1c(Cl)cccc1Nc1ncnc(NNC(=O)c2ccccc2F)c1N. The number of aromatic nitrogens is 2. The van der Waals surface area contributed by atoms with Crippen LogP contribution in [0.4, 0.5) is 27.4 Å². The number of nitrogens with one attached hydrogen (secondary N) is 3. The molecule has 138 valence electrons. The molecule has 0 atom stereocenters. The summed E-state index contributed by atoms with van der Waals surface area (Å²) in [7, 11) is 0. The number of amides is 1. The van der Waals surface area contributed by atoms with E-state index in [0.29, 0.717) is 10.8 Å². The van der Waals surface area contributed by atoms with Gasteiger partial charge in [-0.1, -0.05) is 29.8 Å². The van der Waals surface area contributed by atoms with Crippen LogP contribution in [-0.2, 0) is 0 Å². The fourth-order valence-electron chi connectivity index (χ4n) is 2.29. The molecule has 1 amide bonds. The van der Waals surface area contributed by atoms with Crippen molar-refractivity contribution in [2.45, 2.75) is 6.92 Å². The first kappa shape index (κ1) is 18.4. The first-order chi connectivity index (χ1) is 13.0. The summed E-state index contributed by atoms with van der Waals surface area (Å²) in [5.41, 5.74) is 12.6. The highest BCUT2D eigenvalue weighted by atomic mass is 35.5. The zero-order valence-corrected chi connectivity index (χ0v) is 15.0. The van der Waals surface area contributed by atoms with Crippen LogP contribution in [0.15, 0.2) is 48.8 Å². The topological polar surface area (TPSA) is 105 Å². The smallest absolute Gasteiger partial charge is 0.272 e. The van der Waals surface area contributed by atoms with Gasteiger partial charge in [0.2, 0.25) is 0 Å². The number of halogens is 2. The Labute approximate surface area is 159 Å². The summed E-state index contributed by atoms with van der Waals surface area (Å²) >= 11 is 6.11. The molecule has 0 bridgehead atoms. The van der Waals surface area contributed by atoms with Crippen molar-refractivity contribution in [3.8, 4) is 0 Å². The first-order valence-electron chi connectivity index (χ1n) is 7.91. The predicted molar refractivity (Wildman–Crippen MR) is 103 cm³/mol. The van der Waals surface area contributed by atoms with E-state index in [-0.39, 0.29) is 17.1 Å². The highest BCUT2D eigenvalue weighted by Gasteiger charge is 2.13. The van der Waals surface area contributed by atoms with Crippen molar-refractivity contribution in [2.75, 3.05) is 16.5 Å². The third-order valence-electron chi connectivity index (χ3n) is 3.82. The van der Waals surface area contributed by atoms with Gasteiger partial charge in [0.05, 0.1) is 5.56 Å². The fourth-order valence-corrected chi connectivity index (χ4v) is 2.47. The van der Waals surface area contributed by atoms with E-state index in [0.717, 1.165) is 11.3 Å². The van der Waals surface area contributed by atoms with E-state index in [1.165, 1.54) is 24.5 Å². The molecule has 0 aliphatic heterocycles. The summed E-state index contributed by atoms with van der Waals surface area (Å²) in [6, 6.07) is 11.0. The zero-order valence-electron chi connectivity index (χ0n) is 14.3. The highest BCUT2D eigenvalue weighted by molar-refractivity contribution is 6.31. The second kappa shape index (κ2) is 7.88. The molecule has 0 aliphatic rings. The van der Waals surface area contributed by atoms with Gasteiger partial charge in [-0.2, -0.15) is 0 Å². The van der Waals surface area contributed by atoms with Crippen LogP contribution in [-0.4, -0.2) is 15.9 Å². The Morgan fingerprint density at radius 1 is 1.11 bits per heavy atom. The van der Waals surface area contributed by atoms with E-state index in [2.05, 4.69) is 26.1 Å². The maximum Gasteiger partial charge on any atom is 0.272 e. The van der Waals surface area contributed by atoms with E-state index in [1.807, 2.05) is 13.0 Å². The van der Waals surface area contributed by atoms with E-state index in [1.54, 1.807) is 18.2 Å². The average molecular weight is 387 g/mol. The molecule has 1 heterocycles. The van der Waals surface area contributed by atoms with Crippen molar-refractivity contribution in [3.05, 3.63) is 70.8 Å². The van der Waals surface area contributed by atoms with Crippen LogP contribution in [0.3, 0.4) is 0 Å². The molecule has 0 unspecified atom stereocenters. The van der Waals surface area contributed by atoms with Crippen LogP contribution in [0.1, 0.15) is 15.9 Å². The van der Waals surface area contributed by atoms with Gasteiger partial charge in [-0.3, -0.25) is 15.6 Å². The average Bonchev–Trinajstić information content (AvgIpc) is 2.66. The van der Waals surface area contributed by atoms with Crippen LogP contribution < -0.4 is 21.9 Å². The van der Waals surface area contributed by atoms with Crippen molar-refractivity contribution >= 4 is 40.5 Å². The minimum Gasteiger partial charge on any atom is -0.393 e. The lowest BCUT2D eigenvalue weighted by Gasteiger charge is -2.14. The van der Waals surface area contributed by atoms with Crippen LogP contribution >= 0.6 is 11.6 Å². The number of anilines is 4. The Bertz CT molecular complexity index is 997. The molecule has 1 aromatic heterocycles. The van der Waals surface area contributed by atoms with Gasteiger partial charge >= 0.3 is 0 Å². The number of nitrogen functional groups attached to an aromatic ring is 1. The van der Waals surface area contributed by atoms with E-state index in [9.17, 15) is 9.18 Å². The third kappa shape index (κ3) is 4.06. The van der Waals surface area contributed by atoms with Crippen LogP contribution in [0.25, 0.3) is 0 Å². The summed E-state index contributed by atoms with van der Waals surface area (Å²) in [6.45, 7) is 1.86. The van der Waals surface area contributed by atoms with Crippen molar-refractivity contribution in [3.63, 3.8) is 0 Å². The van der Waals surface area contributed by atoms with Gasteiger partial charge in [-0.25, -0.2) is 14.4 Å². The predicted octanol–water partition coefficient (Wildman–Crippen LogP) is 3.66. The summed E-state index contributed by atoms with van der Waals surface area (Å²) in [4.78, 5) is 20.2. The standard InChI is InChI=1S/C18H16ClFN6O/c1-10-12(19)6-4-8-14(10)24-16-15(21)17(23-9-22-16)25-26-18(27)11-5-2-3-7-13(11)20/h2-9H,21H2,1H3,(H,26,27)(H2,22,23,24,25). The van der Waals surface area contributed by atoms with Gasteiger partial charge < -0.3 is 11.1 Å². The van der Waals surface area contributed by atoms with Crippen LogP contribution in [0, 0.1) is 12.7 Å².